The van der Waals surface area contributed by atoms with Crippen molar-refractivity contribution >= 4 is 57.7 Å². The number of aromatic nitrogens is 1. The molecule has 0 unspecified atom stereocenters. The summed E-state index contributed by atoms with van der Waals surface area (Å²) in [5.41, 5.74) is 2.04. The number of pyridine rings is 1. The lowest BCUT2D eigenvalue weighted by molar-refractivity contribution is -0.122. The summed E-state index contributed by atoms with van der Waals surface area (Å²) >= 11 is 13.2. The van der Waals surface area contributed by atoms with Crippen LogP contribution < -0.4 is 10.5 Å². The molecule has 0 aliphatic carbocycles. The Hall–Kier alpha value is -2.60. The van der Waals surface area contributed by atoms with Crippen LogP contribution in [0.1, 0.15) is 61.8 Å². The molecule has 2 saturated heterocycles. The number of rotatable bonds is 7. The van der Waals surface area contributed by atoms with Gasteiger partial charge in [0.2, 0.25) is 0 Å². The van der Waals surface area contributed by atoms with Crippen molar-refractivity contribution in [2.75, 3.05) is 18.0 Å². The van der Waals surface area contributed by atoms with Gasteiger partial charge in [0.05, 0.1) is 11.4 Å². The van der Waals surface area contributed by atoms with Crippen molar-refractivity contribution < 1.29 is 4.79 Å². The maximum Gasteiger partial charge on any atom is 0.270 e. The Kier molecular flexibility index (Phi) is 8.79. The number of halogens is 1. The number of hydrogen-bond acceptors (Lipinski definition) is 6. The lowest BCUT2D eigenvalue weighted by Gasteiger charge is -2.35. The van der Waals surface area contributed by atoms with Gasteiger partial charge in [0.15, 0.2) is 0 Å². The molecule has 0 bridgehead atoms. The zero-order chi connectivity index (χ0) is 26.7. The summed E-state index contributed by atoms with van der Waals surface area (Å²) in [6.45, 7) is 8.60. The number of anilines is 1. The van der Waals surface area contributed by atoms with Gasteiger partial charge >= 0.3 is 0 Å². The summed E-state index contributed by atoms with van der Waals surface area (Å²) in [5, 5.41) is 10.5. The van der Waals surface area contributed by atoms with Crippen LogP contribution in [0.3, 0.4) is 0 Å². The van der Waals surface area contributed by atoms with Gasteiger partial charge in [-0.05, 0) is 55.4 Å². The molecule has 9 heteroatoms. The molecule has 1 amide bonds. The average molecular weight is 555 g/mol. The van der Waals surface area contributed by atoms with Crippen LogP contribution in [0.25, 0.3) is 6.08 Å². The third-order valence-electron chi connectivity index (χ3n) is 7.10. The Morgan fingerprint density at radius 3 is 2.59 bits per heavy atom. The van der Waals surface area contributed by atoms with Crippen molar-refractivity contribution in [2.45, 2.75) is 59.5 Å². The molecular formula is C28H31ClN4O2S2. The predicted molar refractivity (Wildman–Crippen MR) is 156 cm³/mol. The summed E-state index contributed by atoms with van der Waals surface area (Å²) in [6.07, 6.45) is 5.64. The molecule has 194 valence electrons. The van der Waals surface area contributed by atoms with E-state index in [4.69, 9.17) is 23.8 Å². The molecule has 1 aromatic carbocycles. The van der Waals surface area contributed by atoms with E-state index in [0.717, 1.165) is 55.7 Å². The first kappa shape index (κ1) is 27.4. The number of carbonyl (C=O) groups excluding carboxylic acids is 1. The van der Waals surface area contributed by atoms with Gasteiger partial charge in [0.25, 0.3) is 11.5 Å². The molecule has 6 nitrogen and oxygen atoms in total. The molecule has 37 heavy (non-hydrogen) atoms. The van der Waals surface area contributed by atoms with Crippen molar-refractivity contribution in [1.29, 1.82) is 5.26 Å². The number of benzene rings is 1. The van der Waals surface area contributed by atoms with Crippen LogP contribution in [0, 0.1) is 24.2 Å². The van der Waals surface area contributed by atoms with E-state index in [1.807, 2.05) is 24.3 Å². The maximum atomic E-state index is 13.5. The van der Waals surface area contributed by atoms with Crippen molar-refractivity contribution in [2.24, 2.45) is 5.92 Å². The zero-order valence-corrected chi connectivity index (χ0v) is 23.8. The third kappa shape index (κ3) is 5.64. The number of amides is 1. The van der Waals surface area contributed by atoms with E-state index in [1.165, 1.54) is 11.8 Å². The first-order chi connectivity index (χ1) is 17.8. The molecule has 2 fully saturated rings. The van der Waals surface area contributed by atoms with Gasteiger partial charge in [-0.2, -0.15) is 5.26 Å². The summed E-state index contributed by atoms with van der Waals surface area (Å²) in [4.78, 5) is 31.2. The lowest BCUT2D eigenvalue weighted by Crippen LogP contribution is -2.39. The number of hydrogen-bond donors (Lipinski definition) is 0. The van der Waals surface area contributed by atoms with E-state index in [2.05, 4.69) is 24.8 Å². The fourth-order valence-electron chi connectivity index (χ4n) is 4.79. The summed E-state index contributed by atoms with van der Waals surface area (Å²) < 4.78 is 2.21. The van der Waals surface area contributed by atoms with Crippen LogP contribution in [0.2, 0.25) is 5.02 Å². The van der Waals surface area contributed by atoms with Crippen LogP contribution in [-0.2, 0) is 17.9 Å². The second-order valence-corrected chi connectivity index (χ2v) is 11.8. The van der Waals surface area contributed by atoms with Crippen LogP contribution >= 0.6 is 35.6 Å². The monoisotopic (exact) mass is 554 g/mol. The molecule has 4 rings (SSSR count). The van der Waals surface area contributed by atoms with Gasteiger partial charge in [0.1, 0.15) is 21.8 Å². The number of nitrogens with zero attached hydrogens (tertiary/aromatic N) is 4. The molecule has 2 aromatic rings. The van der Waals surface area contributed by atoms with Crippen molar-refractivity contribution in [3.8, 4) is 6.07 Å². The highest BCUT2D eigenvalue weighted by Crippen LogP contribution is 2.38. The molecule has 2 aliphatic rings. The topological polar surface area (TPSA) is 69.3 Å². The molecule has 3 heterocycles. The Balaban J connectivity index is 1.82. The summed E-state index contributed by atoms with van der Waals surface area (Å²) in [6, 6.07) is 9.53. The highest BCUT2D eigenvalue weighted by atomic mass is 35.5. The SMILES string of the molecule is CCCCn1c(N2CCC(C)CC2)c(C=C2SC(=S)N(Cc3ccccc3Cl)C2=O)c(C)c(C#N)c1=O. The molecular weight excluding hydrogens is 524 g/mol. The van der Waals surface area contributed by atoms with E-state index >= 15 is 0 Å². The lowest BCUT2D eigenvalue weighted by atomic mass is 9.97. The number of carbonyl (C=O) groups is 1. The van der Waals surface area contributed by atoms with E-state index < -0.39 is 0 Å². The number of thiocarbonyl (C=S) groups is 1. The minimum absolute atomic E-state index is 0.128. The van der Waals surface area contributed by atoms with E-state index in [-0.39, 0.29) is 23.6 Å². The fourth-order valence-corrected chi connectivity index (χ4v) is 6.23. The first-order valence-corrected chi connectivity index (χ1v) is 14.3. The second-order valence-electron chi connectivity index (χ2n) is 9.69. The molecule has 0 radical (unpaired) electrons. The van der Waals surface area contributed by atoms with E-state index in [0.29, 0.717) is 32.3 Å². The molecule has 1 aromatic heterocycles. The van der Waals surface area contributed by atoms with Crippen molar-refractivity contribution in [3.05, 3.63) is 66.8 Å². The Labute approximate surface area is 232 Å². The smallest absolute Gasteiger partial charge is 0.270 e. The maximum absolute atomic E-state index is 13.5. The predicted octanol–water partition coefficient (Wildman–Crippen LogP) is 6.12. The van der Waals surface area contributed by atoms with E-state index in [1.54, 1.807) is 22.5 Å². The second kappa shape index (κ2) is 11.8. The van der Waals surface area contributed by atoms with Crippen LogP contribution in [0.15, 0.2) is 34.0 Å². The largest absolute Gasteiger partial charge is 0.357 e. The minimum atomic E-state index is -0.259. The molecule has 0 atom stereocenters. The van der Waals surface area contributed by atoms with Crippen molar-refractivity contribution in [1.82, 2.24) is 9.47 Å². The van der Waals surface area contributed by atoms with Gasteiger partial charge in [0, 0.05) is 30.2 Å². The summed E-state index contributed by atoms with van der Waals surface area (Å²) in [5.74, 6) is 1.23. The number of piperidine rings is 1. The fraction of sp³-hybridized carbons (Fsp3) is 0.429. The quantitative estimate of drug-likeness (QED) is 0.303. The first-order valence-electron chi connectivity index (χ1n) is 12.7. The molecule has 0 N–H and O–H groups in total. The number of nitriles is 1. The number of unbranched alkanes of at least 4 members (excludes halogenated alkanes) is 1. The third-order valence-corrected chi connectivity index (χ3v) is 8.85. The molecule has 0 spiro atoms. The van der Waals surface area contributed by atoms with Gasteiger partial charge in [-0.15, -0.1) is 0 Å². The Bertz CT molecular complexity index is 1350. The van der Waals surface area contributed by atoms with Crippen LogP contribution in [0.5, 0.6) is 0 Å². The summed E-state index contributed by atoms with van der Waals surface area (Å²) in [7, 11) is 0. The van der Waals surface area contributed by atoms with Crippen LogP contribution in [-0.4, -0.2) is 32.8 Å². The molecule has 2 aliphatic heterocycles. The highest BCUT2D eigenvalue weighted by molar-refractivity contribution is 8.26. The Morgan fingerprint density at radius 1 is 1.24 bits per heavy atom. The van der Waals surface area contributed by atoms with Gasteiger partial charge in [-0.25, -0.2) is 0 Å². The minimum Gasteiger partial charge on any atom is -0.357 e. The van der Waals surface area contributed by atoms with E-state index in [9.17, 15) is 14.9 Å². The van der Waals surface area contributed by atoms with Gasteiger partial charge < -0.3 is 4.90 Å². The van der Waals surface area contributed by atoms with Crippen molar-refractivity contribution in [3.63, 3.8) is 0 Å². The highest BCUT2D eigenvalue weighted by Gasteiger charge is 2.34. The Morgan fingerprint density at radius 2 is 1.95 bits per heavy atom. The zero-order valence-electron chi connectivity index (χ0n) is 21.4. The average Bonchev–Trinajstić information content (AvgIpc) is 3.14. The molecule has 0 saturated carbocycles. The van der Waals surface area contributed by atoms with Gasteiger partial charge in [-0.1, -0.05) is 74.0 Å². The van der Waals surface area contributed by atoms with Gasteiger partial charge in [-0.3, -0.25) is 19.1 Å². The normalized spacial score (nSPS) is 17.6. The number of thioether (sulfide) groups is 1. The standard InChI is InChI=1S/C28H31ClN4O2S2/c1-4-5-12-32-25(31-13-10-18(2)11-14-31)21(19(3)22(16-30)26(32)34)15-24-27(35)33(28(36)37-24)17-20-8-6-7-9-23(20)29/h6-9,15,18H,4-5,10-14,17H2,1-3H3. The van der Waals surface area contributed by atoms with Crippen LogP contribution in [0.4, 0.5) is 5.82 Å².